The fourth-order valence-electron chi connectivity index (χ4n) is 2.00. The second-order valence-corrected chi connectivity index (χ2v) is 5.52. The van der Waals surface area contributed by atoms with Gasteiger partial charge < -0.3 is 10.1 Å². The molecule has 0 heterocycles. The number of aryl methyl sites for hydroxylation is 1. The molecular weight excluding hydrogens is 253 g/mol. The van der Waals surface area contributed by atoms with E-state index in [2.05, 4.69) is 55.3 Å². The summed E-state index contributed by atoms with van der Waals surface area (Å²) in [4.78, 5) is 0. The third-order valence-electron chi connectivity index (χ3n) is 3.22. The Labute approximate surface area is 117 Å². The molecule has 2 rings (SSSR count). The van der Waals surface area contributed by atoms with Gasteiger partial charge in [0.15, 0.2) is 0 Å². The molecule has 0 spiro atoms. The highest BCUT2D eigenvalue weighted by Crippen LogP contribution is 2.25. The number of anilines is 1. The van der Waals surface area contributed by atoms with Crippen molar-refractivity contribution >= 4 is 19.6 Å². The first-order valence-electron chi connectivity index (χ1n) is 6.38. The lowest BCUT2D eigenvalue weighted by molar-refractivity contribution is 0.416. The molecule has 3 heteroatoms. The number of nitrogens with one attached hydrogen (secondary N) is 1. The molecule has 0 amide bonds. The molecular formula is C16H20NOP. The van der Waals surface area contributed by atoms with Crippen LogP contribution in [-0.2, 0) is 6.54 Å². The molecule has 2 aromatic carbocycles. The molecule has 19 heavy (non-hydrogen) atoms. The van der Waals surface area contributed by atoms with Crippen LogP contribution in [0, 0.1) is 6.92 Å². The maximum Gasteiger partial charge on any atom is 0.142 e. The largest absolute Gasteiger partial charge is 0.495 e. The lowest BCUT2D eigenvalue weighted by Gasteiger charge is -2.13. The van der Waals surface area contributed by atoms with E-state index < -0.39 is 0 Å². The predicted molar refractivity (Wildman–Crippen MR) is 85.4 cm³/mol. The van der Waals surface area contributed by atoms with E-state index in [9.17, 15) is 0 Å². The maximum atomic E-state index is 5.40. The van der Waals surface area contributed by atoms with Crippen LogP contribution in [0.1, 0.15) is 11.1 Å². The minimum absolute atomic E-state index is 0.797. The van der Waals surface area contributed by atoms with Crippen LogP contribution < -0.4 is 15.4 Å². The molecule has 0 saturated carbocycles. The van der Waals surface area contributed by atoms with Crippen molar-refractivity contribution in [3.05, 3.63) is 53.6 Å². The van der Waals surface area contributed by atoms with Gasteiger partial charge in [-0.25, -0.2) is 0 Å². The Kier molecular flexibility index (Phi) is 4.81. The van der Waals surface area contributed by atoms with E-state index >= 15 is 0 Å². The van der Waals surface area contributed by atoms with E-state index in [0.29, 0.717) is 0 Å². The molecule has 0 radical (unpaired) electrons. The second kappa shape index (κ2) is 6.58. The van der Waals surface area contributed by atoms with Crippen LogP contribution in [0.25, 0.3) is 0 Å². The zero-order chi connectivity index (χ0) is 13.7. The highest BCUT2D eigenvalue weighted by atomic mass is 31.1. The first-order chi connectivity index (χ1) is 9.24. The fourth-order valence-corrected chi connectivity index (χ4v) is 2.54. The molecule has 0 aliphatic heterocycles. The summed E-state index contributed by atoms with van der Waals surface area (Å²) in [7, 11) is 2.51. The number of hydrogen-bond acceptors (Lipinski definition) is 2. The average molecular weight is 273 g/mol. The summed E-state index contributed by atoms with van der Waals surface area (Å²) >= 11 is 0. The van der Waals surface area contributed by atoms with Crippen molar-refractivity contribution in [1.82, 2.24) is 0 Å². The molecule has 100 valence electrons. The summed E-state index contributed by atoms with van der Waals surface area (Å²) in [6.07, 6.45) is 0. The van der Waals surface area contributed by atoms with Gasteiger partial charge in [-0.3, -0.25) is 0 Å². The van der Waals surface area contributed by atoms with E-state index in [-0.39, 0.29) is 0 Å². The summed E-state index contributed by atoms with van der Waals surface area (Å²) in [5.74, 6) is 0.899. The Bertz CT molecular complexity index is 554. The second-order valence-electron chi connectivity index (χ2n) is 4.45. The van der Waals surface area contributed by atoms with Gasteiger partial charge in [0.2, 0.25) is 0 Å². The third-order valence-corrected chi connectivity index (χ3v) is 4.11. The summed E-state index contributed by atoms with van der Waals surface area (Å²) in [6, 6.07) is 14.8. The number of benzene rings is 2. The number of methoxy groups -OCH3 is 1. The molecule has 0 fully saturated rings. The molecule has 0 saturated heterocycles. The van der Waals surface area contributed by atoms with Gasteiger partial charge in [-0.15, -0.1) is 0 Å². The Hall–Kier alpha value is -1.53. The molecule has 1 unspecified atom stereocenters. The molecule has 0 aliphatic rings. The molecule has 0 bridgehead atoms. The van der Waals surface area contributed by atoms with Gasteiger partial charge in [0, 0.05) is 6.54 Å². The smallest absolute Gasteiger partial charge is 0.142 e. The monoisotopic (exact) mass is 273 g/mol. The number of ether oxygens (including phenoxy) is 1. The summed E-state index contributed by atoms with van der Waals surface area (Å²) in [5.41, 5.74) is 3.69. The lowest BCUT2D eigenvalue weighted by atomic mass is 10.1. The van der Waals surface area contributed by atoms with Gasteiger partial charge >= 0.3 is 0 Å². The maximum absolute atomic E-state index is 5.40. The van der Waals surface area contributed by atoms with Gasteiger partial charge in [0.05, 0.1) is 12.8 Å². The zero-order valence-corrected chi connectivity index (χ0v) is 12.7. The quantitative estimate of drug-likeness (QED) is 0.841. The van der Waals surface area contributed by atoms with E-state index in [1.807, 2.05) is 6.07 Å². The van der Waals surface area contributed by atoms with Gasteiger partial charge in [-0.1, -0.05) is 38.9 Å². The highest BCUT2D eigenvalue weighted by molar-refractivity contribution is 7.46. The number of rotatable bonds is 5. The summed E-state index contributed by atoms with van der Waals surface area (Å²) < 4.78 is 5.40. The van der Waals surface area contributed by atoms with Crippen molar-refractivity contribution in [2.75, 3.05) is 19.1 Å². The Morgan fingerprint density at radius 2 is 1.95 bits per heavy atom. The predicted octanol–water partition coefficient (Wildman–Crippen LogP) is 3.55. The fraction of sp³-hybridized carbons (Fsp3) is 0.250. The highest BCUT2D eigenvalue weighted by Gasteiger charge is 2.04. The van der Waals surface area contributed by atoms with Crippen LogP contribution in [0.2, 0.25) is 0 Å². The molecule has 1 N–H and O–H groups in total. The first-order valence-corrected chi connectivity index (χ1v) is 7.88. The normalized spacial score (nSPS) is 10.9. The van der Waals surface area contributed by atoms with Crippen LogP contribution in [-0.4, -0.2) is 13.8 Å². The van der Waals surface area contributed by atoms with Crippen molar-refractivity contribution in [2.24, 2.45) is 0 Å². The van der Waals surface area contributed by atoms with Crippen molar-refractivity contribution in [3.8, 4) is 5.75 Å². The first kappa shape index (κ1) is 13.9. The van der Waals surface area contributed by atoms with E-state index in [1.165, 1.54) is 16.4 Å². The number of hydrogen-bond donors (Lipinski definition) is 1. The van der Waals surface area contributed by atoms with Crippen molar-refractivity contribution < 1.29 is 4.74 Å². The molecule has 1 atom stereocenters. The van der Waals surface area contributed by atoms with Gasteiger partial charge in [0.25, 0.3) is 0 Å². The molecule has 0 aliphatic carbocycles. The van der Waals surface area contributed by atoms with E-state index in [1.54, 1.807) is 7.11 Å². The lowest BCUT2D eigenvalue weighted by Crippen LogP contribution is -2.05. The molecule has 2 nitrogen and oxygen atoms in total. The van der Waals surface area contributed by atoms with Crippen molar-refractivity contribution in [2.45, 2.75) is 13.5 Å². The Morgan fingerprint density at radius 3 is 2.63 bits per heavy atom. The topological polar surface area (TPSA) is 21.3 Å². The van der Waals surface area contributed by atoms with E-state index in [0.717, 1.165) is 26.6 Å². The SMILES string of the molecule is COc1ccc(PC)cc1NCc1ccccc1C. The van der Waals surface area contributed by atoms with Crippen LogP contribution in [0.4, 0.5) is 5.69 Å². The standard InChI is InChI=1S/C16H20NOP/c1-12-6-4-5-7-13(12)11-17-15-10-14(19-3)8-9-16(15)18-2/h4-10,17,19H,11H2,1-3H3. The summed E-state index contributed by atoms with van der Waals surface area (Å²) in [6.45, 7) is 5.14. The molecule has 0 aromatic heterocycles. The molecule has 2 aromatic rings. The zero-order valence-electron chi connectivity index (χ0n) is 11.7. The minimum Gasteiger partial charge on any atom is -0.495 e. The average Bonchev–Trinajstić information content (AvgIpc) is 2.46. The van der Waals surface area contributed by atoms with Crippen LogP contribution in [0.5, 0.6) is 5.75 Å². The van der Waals surface area contributed by atoms with Crippen molar-refractivity contribution in [3.63, 3.8) is 0 Å². The van der Waals surface area contributed by atoms with Crippen molar-refractivity contribution in [1.29, 1.82) is 0 Å². The van der Waals surface area contributed by atoms with E-state index in [4.69, 9.17) is 4.74 Å². The van der Waals surface area contributed by atoms with Gasteiger partial charge in [-0.2, -0.15) is 0 Å². The van der Waals surface area contributed by atoms with Crippen LogP contribution in [0.3, 0.4) is 0 Å². The Morgan fingerprint density at radius 1 is 1.16 bits per heavy atom. The van der Waals surface area contributed by atoms with Crippen LogP contribution >= 0.6 is 8.58 Å². The van der Waals surface area contributed by atoms with Gasteiger partial charge in [0.1, 0.15) is 5.75 Å². The third kappa shape index (κ3) is 3.48. The van der Waals surface area contributed by atoms with Crippen LogP contribution in [0.15, 0.2) is 42.5 Å². The van der Waals surface area contributed by atoms with Gasteiger partial charge in [-0.05, 0) is 42.2 Å². The minimum atomic E-state index is 0.797. The summed E-state index contributed by atoms with van der Waals surface area (Å²) in [5, 5.41) is 4.82. The Balaban J connectivity index is 2.16.